The maximum Gasteiger partial charge on any atom is 0.247 e. The lowest BCUT2D eigenvalue weighted by molar-refractivity contribution is -0.140. The van der Waals surface area contributed by atoms with Crippen molar-refractivity contribution in [3.63, 3.8) is 0 Å². The van der Waals surface area contributed by atoms with Crippen molar-refractivity contribution >= 4 is 11.6 Å². The van der Waals surface area contributed by atoms with Gasteiger partial charge in [-0.15, -0.1) is 0 Å². The van der Waals surface area contributed by atoms with Crippen molar-refractivity contribution in [3.05, 3.63) is 35.9 Å². The van der Waals surface area contributed by atoms with Crippen molar-refractivity contribution in [2.24, 2.45) is 16.9 Å². The highest BCUT2D eigenvalue weighted by atomic mass is 16.5. The minimum atomic E-state index is 0.000690. The number of methoxy groups -OCH3 is 1. The van der Waals surface area contributed by atoms with Crippen LogP contribution in [0, 0.1) is 11.8 Å². The molecule has 1 heterocycles. The van der Waals surface area contributed by atoms with Crippen LogP contribution in [0.4, 0.5) is 0 Å². The fourth-order valence-electron chi connectivity index (χ4n) is 4.59. The summed E-state index contributed by atoms with van der Waals surface area (Å²) >= 11 is 0. The quantitative estimate of drug-likeness (QED) is 0.733. The number of rotatable bonds is 5. The summed E-state index contributed by atoms with van der Waals surface area (Å²) in [4.78, 5) is 13.1. The number of hydrogen-bond acceptors (Lipinski definition) is 4. The molecule has 0 spiro atoms. The van der Waals surface area contributed by atoms with Crippen LogP contribution >= 0.6 is 0 Å². The minimum Gasteiger partial charge on any atom is -0.493 e. The smallest absolute Gasteiger partial charge is 0.247 e. The van der Waals surface area contributed by atoms with Crippen LogP contribution < -0.4 is 9.47 Å². The Labute approximate surface area is 161 Å². The molecule has 5 nitrogen and oxygen atoms in total. The molecule has 1 aromatic rings. The highest BCUT2D eigenvalue weighted by molar-refractivity contribution is 6.07. The van der Waals surface area contributed by atoms with Crippen molar-refractivity contribution in [2.75, 3.05) is 13.7 Å². The number of nitrogens with zero attached hydrogens (tertiary/aromatic N) is 2. The molecule has 0 bridgehead atoms. The fraction of sp³-hybridized carbons (Fsp3) is 0.545. The van der Waals surface area contributed by atoms with Gasteiger partial charge in [-0.3, -0.25) is 4.79 Å². The van der Waals surface area contributed by atoms with Gasteiger partial charge in [0.05, 0.1) is 31.4 Å². The second kappa shape index (κ2) is 7.75. The van der Waals surface area contributed by atoms with Gasteiger partial charge in [-0.2, -0.15) is 5.10 Å². The van der Waals surface area contributed by atoms with E-state index in [2.05, 4.69) is 12.2 Å². The minimum absolute atomic E-state index is 0.000690. The first-order valence-corrected chi connectivity index (χ1v) is 10.1. The number of amides is 1. The number of fused-ring (bicyclic) bond motifs is 1. The summed E-state index contributed by atoms with van der Waals surface area (Å²) in [6.07, 6.45) is 10.5. The predicted molar refractivity (Wildman–Crippen MR) is 105 cm³/mol. The van der Waals surface area contributed by atoms with E-state index in [0.717, 1.165) is 48.5 Å². The molecule has 4 rings (SSSR count). The van der Waals surface area contributed by atoms with Crippen LogP contribution in [-0.4, -0.2) is 36.4 Å². The van der Waals surface area contributed by atoms with E-state index in [4.69, 9.17) is 14.6 Å². The van der Waals surface area contributed by atoms with E-state index in [-0.39, 0.29) is 23.8 Å². The normalized spacial score (nSPS) is 25.3. The lowest BCUT2D eigenvalue weighted by Crippen LogP contribution is -2.48. The van der Waals surface area contributed by atoms with Crippen molar-refractivity contribution in [3.8, 4) is 11.5 Å². The summed E-state index contributed by atoms with van der Waals surface area (Å²) in [6.45, 7) is 2.54. The Morgan fingerprint density at radius 3 is 2.56 bits per heavy atom. The van der Waals surface area contributed by atoms with Gasteiger partial charge in [0.1, 0.15) is 0 Å². The van der Waals surface area contributed by atoms with Crippen molar-refractivity contribution in [1.82, 2.24) is 5.01 Å². The number of hydrogen-bond donors (Lipinski definition) is 0. The number of hydrazone groups is 1. The third-order valence-electron chi connectivity index (χ3n) is 5.97. The molecule has 144 valence electrons. The monoisotopic (exact) mass is 368 g/mol. The van der Waals surface area contributed by atoms with Crippen LogP contribution in [0.3, 0.4) is 0 Å². The third kappa shape index (κ3) is 3.35. The first-order chi connectivity index (χ1) is 13.2. The summed E-state index contributed by atoms with van der Waals surface area (Å²) < 4.78 is 11.2. The standard InChI is InChI=1S/C22H28N2O3/c1-3-27-20-14-15(12-13-19(20)26-2)21-17-10-6-7-11-18(17)22(25)24(23-21)16-8-4-5-9-16/h6-7,12-14,16-18H,3-5,8-11H2,1-2H3/t17-,18+/m1/s1. The topological polar surface area (TPSA) is 51.1 Å². The van der Waals surface area contributed by atoms with E-state index in [9.17, 15) is 4.79 Å². The highest BCUT2D eigenvalue weighted by Gasteiger charge is 2.42. The average molecular weight is 368 g/mol. The summed E-state index contributed by atoms with van der Waals surface area (Å²) in [5, 5.41) is 6.74. The van der Waals surface area contributed by atoms with Crippen LogP contribution in [0.2, 0.25) is 0 Å². The maximum atomic E-state index is 13.1. The lowest BCUT2D eigenvalue weighted by Gasteiger charge is -2.39. The molecule has 1 aliphatic heterocycles. The molecule has 0 N–H and O–H groups in total. The Balaban J connectivity index is 1.75. The molecule has 3 aliphatic rings. The molecule has 5 heteroatoms. The van der Waals surface area contributed by atoms with Gasteiger partial charge >= 0.3 is 0 Å². The zero-order valence-corrected chi connectivity index (χ0v) is 16.2. The Kier molecular flexibility index (Phi) is 5.19. The van der Waals surface area contributed by atoms with Crippen LogP contribution in [0.15, 0.2) is 35.5 Å². The SMILES string of the molecule is CCOc1cc(C2=NN(C3CCCC3)C(=O)[C@H]3CC=CC[C@@H]23)ccc1OC. The number of carbonyl (C=O) groups excluding carboxylic acids is 1. The van der Waals surface area contributed by atoms with Gasteiger partial charge in [0.25, 0.3) is 0 Å². The number of benzene rings is 1. The predicted octanol–water partition coefficient (Wildman–Crippen LogP) is 4.17. The molecular formula is C22H28N2O3. The largest absolute Gasteiger partial charge is 0.493 e. The van der Waals surface area contributed by atoms with Crippen molar-refractivity contribution < 1.29 is 14.3 Å². The zero-order valence-electron chi connectivity index (χ0n) is 16.2. The molecule has 1 saturated carbocycles. The Morgan fingerprint density at radius 2 is 1.85 bits per heavy atom. The van der Waals surface area contributed by atoms with Gasteiger partial charge in [-0.1, -0.05) is 25.0 Å². The van der Waals surface area contributed by atoms with E-state index in [1.807, 2.05) is 30.1 Å². The lowest BCUT2D eigenvalue weighted by atomic mass is 9.76. The van der Waals surface area contributed by atoms with Crippen molar-refractivity contribution in [2.45, 2.75) is 51.5 Å². The van der Waals surface area contributed by atoms with Gasteiger partial charge in [-0.25, -0.2) is 5.01 Å². The molecule has 1 amide bonds. The Morgan fingerprint density at radius 1 is 1.11 bits per heavy atom. The Bertz CT molecular complexity index is 765. The van der Waals surface area contributed by atoms with E-state index < -0.39 is 0 Å². The summed E-state index contributed by atoms with van der Waals surface area (Å²) in [5.74, 6) is 1.80. The molecule has 2 aliphatic carbocycles. The number of carbonyl (C=O) groups is 1. The molecule has 1 fully saturated rings. The number of ether oxygens (including phenoxy) is 2. The van der Waals surface area contributed by atoms with E-state index >= 15 is 0 Å². The second-order valence-corrected chi connectivity index (χ2v) is 7.56. The number of allylic oxidation sites excluding steroid dienone is 2. The molecule has 0 saturated heterocycles. The van der Waals surface area contributed by atoms with E-state index in [1.54, 1.807) is 7.11 Å². The molecule has 0 aromatic heterocycles. The molecule has 0 unspecified atom stereocenters. The van der Waals surface area contributed by atoms with Gasteiger partial charge in [0.2, 0.25) is 5.91 Å². The summed E-state index contributed by atoms with van der Waals surface area (Å²) in [5.41, 5.74) is 2.04. The average Bonchev–Trinajstić information content (AvgIpc) is 3.23. The van der Waals surface area contributed by atoms with Crippen LogP contribution in [-0.2, 0) is 4.79 Å². The molecular weight excluding hydrogens is 340 g/mol. The van der Waals surface area contributed by atoms with Gasteiger partial charge in [-0.05, 0) is 50.8 Å². The zero-order chi connectivity index (χ0) is 18.8. The first-order valence-electron chi connectivity index (χ1n) is 10.1. The molecule has 0 radical (unpaired) electrons. The first kappa shape index (κ1) is 18.1. The van der Waals surface area contributed by atoms with E-state index in [1.165, 1.54) is 12.8 Å². The summed E-state index contributed by atoms with van der Waals surface area (Å²) in [7, 11) is 1.65. The Hall–Kier alpha value is -2.30. The fourth-order valence-corrected chi connectivity index (χ4v) is 4.59. The molecule has 1 aromatic carbocycles. The van der Waals surface area contributed by atoms with Crippen LogP contribution in [0.1, 0.15) is 51.0 Å². The van der Waals surface area contributed by atoms with Gasteiger partial charge in [0, 0.05) is 11.5 Å². The second-order valence-electron chi connectivity index (χ2n) is 7.56. The molecule has 27 heavy (non-hydrogen) atoms. The van der Waals surface area contributed by atoms with Gasteiger partial charge < -0.3 is 9.47 Å². The van der Waals surface area contributed by atoms with Gasteiger partial charge in [0.15, 0.2) is 11.5 Å². The molecule has 2 atom stereocenters. The van der Waals surface area contributed by atoms with Crippen LogP contribution in [0.5, 0.6) is 11.5 Å². The van der Waals surface area contributed by atoms with Crippen LogP contribution in [0.25, 0.3) is 0 Å². The highest BCUT2D eigenvalue weighted by Crippen LogP contribution is 2.39. The third-order valence-corrected chi connectivity index (χ3v) is 5.97. The maximum absolute atomic E-state index is 13.1. The van der Waals surface area contributed by atoms with Crippen molar-refractivity contribution in [1.29, 1.82) is 0 Å². The van der Waals surface area contributed by atoms with E-state index in [0.29, 0.717) is 6.61 Å². The summed E-state index contributed by atoms with van der Waals surface area (Å²) in [6, 6.07) is 6.24.